The van der Waals surface area contributed by atoms with Crippen LogP contribution in [0, 0.1) is 11.8 Å². The third-order valence-corrected chi connectivity index (χ3v) is 13.6. The van der Waals surface area contributed by atoms with Gasteiger partial charge in [-0.25, -0.2) is 0 Å². The Hall–Kier alpha value is 0.500. The molecule has 5 aliphatic heterocycles. The molecular formula is C48H102N7O8S7+. The van der Waals surface area contributed by atoms with Crippen molar-refractivity contribution in [3.05, 3.63) is 0 Å². The second kappa shape index (κ2) is 45.7. The Balaban J connectivity index is 0. The third kappa shape index (κ3) is 39.0. The molecule has 418 valence electrons. The highest BCUT2D eigenvalue weighted by Crippen LogP contribution is 2.34. The highest BCUT2D eigenvalue weighted by molar-refractivity contribution is 7.81. The lowest BCUT2D eigenvalue weighted by Gasteiger charge is -2.42. The van der Waals surface area contributed by atoms with Crippen LogP contribution in [0.25, 0.3) is 0 Å². The van der Waals surface area contributed by atoms with Gasteiger partial charge in [-0.15, -0.1) is 12.6 Å². The molecule has 0 aromatic rings. The van der Waals surface area contributed by atoms with Gasteiger partial charge in [0.05, 0.1) is 54.1 Å². The van der Waals surface area contributed by atoms with Gasteiger partial charge in [-0.1, -0.05) is 13.8 Å². The molecular weight excluding hydrogens is 1030 g/mol. The topological polar surface area (TPSA) is 117 Å². The second-order valence-electron chi connectivity index (χ2n) is 19.2. The number of nitrogens with zero attached hydrogens (tertiary/aromatic N) is 7. The molecule has 15 nitrogen and oxygen atoms in total. The SMILES string of the molecule is CC(=O)OCC1OC(S)C(OC(C)=O)C(C)C1C.CN(C)CCS.CN1CCN(CCS)CC1.COC(=O)C1CCCN1CCS.C[N+](C)(C)CCS.SCCN1CCCC1.SCCN1CCOCC1. The van der Waals surface area contributed by atoms with E-state index in [0.29, 0.717) is 0 Å². The minimum absolute atomic E-state index is 0.0119. The maximum Gasteiger partial charge on any atom is 0.323 e. The molecule has 5 saturated heterocycles. The van der Waals surface area contributed by atoms with Crippen molar-refractivity contribution in [1.82, 2.24) is 29.4 Å². The van der Waals surface area contributed by atoms with Crippen LogP contribution < -0.4 is 0 Å². The molecule has 6 atom stereocenters. The van der Waals surface area contributed by atoms with Crippen LogP contribution in [0.4, 0.5) is 0 Å². The first-order valence-electron chi connectivity index (χ1n) is 25.1. The van der Waals surface area contributed by atoms with Crippen LogP contribution >= 0.6 is 88.4 Å². The molecule has 5 aliphatic rings. The molecule has 70 heavy (non-hydrogen) atoms. The number of hydrogen-bond donors (Lipinski definition) is 7. The number of carbonyl (C=O) groups excluding carboxylic acids is 3. The summed E-state index contributed by atoms with van der Waals surface area (Å²) >= 11 is 29.1. The average molecular weight is 1130 g/mol. The Morgan fingerprint density at radius 3 is 1.59 bits per heavy atom. The van der Waals surface area contributed by atoms with E-state index in [2.05, 4.69) is 146 Å². The van der Waals surface area contributed by atoms with Crippen molar-refractivity contribution in [3.8, 4) is 0 Å². The van der Waals surface area contributed by atoms with Crippen LogP contribution in [0.5, 0.6) is 0 Å². The van der Waals surface area contributed by atoms with Gasteiger partial charge in [0.25, 0.3) is 0 Å². The quantitative estimate of drug-likeness (QED) is 0.0510. The first-order chi connectivity index (χ1) is 33.1. The van der Waals surface area contributed by atoms with Crippen molar-refractivity contribution in [2.75, 3.05) is 202 Å². The molecule has 0 aromatic heterocycles. The number of likely N-dealkylation sites (N-methyl/N-ethyl adjacent to an activating group) is 1. The van der Waals surface area contributed by atoms with Gasteiger partial charge in [0.15, 0.2) is 0 Å². The summed E-state index contributed by atoms with van der Waals surface area (Å²) in [5.41, 5.74) is -0.499. The molecule has 6 unspecified atom stereocenters. The lowest BCUT2D eigenvalue weighted by Crippen LogP contribution is -2.50. The van der Waals surface area contributed by atoms with Crippen molar-refractivity contribution < 1.29 is 42.6 Å². The minimum Gasteiger partial charge on any atom is -0.468 e. The van der Waals surface area contributed by atoms with Gasteiger partial charge in [-0.3, -0.25) is 29.1 Å². The van der Waals surface area contributed by atoms with E-state index in [1.807, 2.05) is 27.9 Å². The summed E-state index contributed by atoms with van der Waals surface area (Å²) in [6, 6.07) is -0.0119. The summed E-state index contributed by atoms with van der Waals surface area (Å²) in [6.07, 6.45) is 4.21. The molecule has 0 saturated carbocycles. The number of thiol groups is 7. The maximum absolute atomic E-state index is 11.2. The molecule has 0 spiro atoms. The van der Waals surface area contributed by atoms with Crippen molar-refractivity contribution in [3.63, 3.8) is 0 Å². The first-order valence-corrected chi connectivity index (χ1v) is 29.5. The van der Waals surface area contributed by atoms with Crippen LogP contribution in [-0.4, -0.2) is 277 Å². The van der Waals surface area contributed by atoms with E-state index in [4.69, 9.17) is 23.7 Å². The molecule has 0 aromatic carbocycles. The van der Waals surface area contributed by atoms with Gasteiger partial charge in [0, 0.05) is 126 Å². The number of rotatable bonds is 16. The normalized spacial score (nSPS) is 24.2. The van der Waals surface area contributed by atoms with Gasteiger partial charge in [-0.05, 0) is 72.4 Å². The summed E-state index contributed by atoms with van der Waals surface area (Å²) in [6.45, 7) is 25.9. The second-order valence-corrected chi connectivity index (χ2v) is 22.4. The summed E-state index contributed by atoms with van der Waals surface area (Å²) in [7, 11) is 14.2. The van der Waals surface area contributed by atoms with E-state index >= 15 is 0 Å². The van der Waals surface area contributed by atoms with Crippen molar-refractivity contribution in [2.24, 2.45) is 11.8 Å². The molecule has 5 fully saturated rings. The zero-order chi connectivity index (χ0) is 53.5. The fourth-order valence-corrected chi connectivity index (χ4v) is 10.1. The number of quaternary nitrogens is 1. The predicted octanol–water partition coefficient (Wildman–Crippen LogP) is 4.49. The van der Waals surface area contributed by atoms with E-state index in [1.165, 1.54) is 79.6 Å². The third-order valence-electron chi connectivity index (χ3n) is 12.0. The molecule has 5 heterocycles. The van der Waals surface area contributed by atoms with Crippen LogP contribution in [0.3, 0.4) is 0 Å². The average Bonchev–Trinajstić information content (AvgIpc) is 4.01. The van der Waals surface area contributed by atoms with Gasteiger partial charge in [0.2, 0.25) is 0 Å². The monoisotopic (exact) mass is 1130 g/mol. The Labute approximate surface area is 466 Å². The van der Waals surface area contributed by atoms with E-state index in [1.54, 1.807) is 0 Å². The zero-order valence-electron chi connectivity index (χ0n) is 45.3. The highest BCUT2D eigenvalue weighted by atomic mass is 32.1. The van der Waals surface area contributed by atoms with Crippen molar-refractivity contribution >= 4 is 106 Å². The van der Waals surface area contributed by atoms with Crippen LogP contribution in [-0.2, 0) is 38.1 Å². The van der Waals surface area contributed by atoms with E-state index < -0.39 is 5.44 Å². The Bertz CT molecular complexity index is 1270. The maximum atomic E-state index is 11.2. The Morgan fingerprint density at radius 1 is 0.671 bits per heavy atom. The number of methoxy groups -OCH3 is 1. The number of hydrogen-bond acceptors (Lipinski definition) is 21. The molecule has 0 aliphatic carbocycles. The molecule has 0 N–H and O–H groups in total. The Kier molecular flexibility index (Phi) is 47.4. The summed E-state index contributed by atoms with van der Waals surface area (Å²) in [5, 5.41) is 0. The van der Waals surface area contributed by atoms with Gasteiger partial charge < -0.3 is 42.9 Å². The van der Waals surface area contributed by atoms with E-state index in [-0.39, 0.29) is 54.6 Å². The number of esters is 3. The van der Waals surface area contributed by atoms with Gasteiger partial charge >= 0.3 is 17.9 Å². The first kappa shape index (κ1) is 72.6. The lowest BCUT2D eigenvalue weighted by atomic mass is 9.84. The number of morpholine rings is 1. The molecule has 22 heteroatoms. The number of carbonyl (C=O) groups is 3. The summed E-state index contributed by atoms with van der Waals surface area (Å²) in [5.74, 6) is 5.10. The zero-order valence-corrected chi connectivity index (χ0v) is 51.6. The standard InChI is InChI=1S/C12H20O5S.C8H15NO2S.C7H16N2S.C6H13NOS.C6H13NS.C5H13NS.C4H11NS/c1-6-7(2)11(16-9(4)14)12(18)17-10(6)5-15-8(3)13;1-11-8(10)7-3-2-4-9(7)5-6-12;1-8-2-4-9(5-3-8)6-7-10;9-6-3-7-1-4-8-5-2-7;8-6-5-7-3-1-2-4-7;1-6(2,3)4-5-7;1-5(2)3-4-6/h6-7,10-12,18H,5H2,1-4H3;7,12H,2-6H2,1H3;10H,2-7H2,1H3;9H,1-6H2;8H,1-6H2;4-5H2,1-3H3;6H,3-4H2,1-2H3/p+1. The molecule has 0 amide bonds. The number of likely N-dealkylation sites (tertiary alicyclic amines) is 2. The molecule has 0 bridgehead atoms. The fourth-order valence-electron chi connectivity index (χ4n) is 7.48. The smallest absolute Gasteiger partial charge is 0.323 e. The number of ether oxygens (including phenoxy) is 5. The molecule has 5 rings (SSSR count). The number of piperazine rings is 1. The highest BCUT2D eigenvalue weighted by Gasteiger charge is 2.42. The van der Waals surface area contributed by atoms with Crippen molar-refractivity contribution in [2.45, 2.75) is 77.1 Å². The van der Waals surface area contributed by atoms with Crippen LogP contribution in [0.15, 0.2) is 0 Å². The largest absolute Gasteiger partial charge is 0.468 e. The van der Waals surface area contributed by atoms with Crippen molar-refractivity contribution in [1.29, 1.82) is 0 Å². The lowest BCUT2D eigenvalue weighted by molar-refractivity contribution is -0.867. The van der Waals surface area contributed by atoms with Crippen LogP contribution in [0.2, 0.25) is 0 Å². The van der Waals surface area contributed by atoms with Crippen LogP contribution in [0.1, 0.15) is 53.4 Å². The van der Waals surface area contributed by atoms with E-state index in [9.17, 15) is 14.4 Å². The minimum atomic E-state index is -0.499. The van der Waals surface area contributed by atoms with Gasteiger partial charge in [0.1, 0.15) is 24.2 Å². The summed E-state index contributed by atoms with van der Waals surface area (Å²) in [4.78, 5) is 46.9. The Morgan fingerprint density at radius 2 is 1.19 bits per heavy atom. The fraction of sp³-hybridized carbons (Fsp3) is 0.938. The van der Waals surface area contributed by atoms with E-state index in [0.717, 1.165) is 117 Å². The van der Waals surface area contributed by atoms with Gasteiger partial charge in [-0.2, -0.15) is 75.8 Å². The summed E-state index contributed by atoms with van der Waals surface area (Å²) < 4.78 is 26.7. The predicted molar refractivity (Wildman–Crippen MR) is 316 cm³/mol. The molecule has 0 radical (unpaired) electrons.